The van der Waals surface area contributed by atoms with Crippen LogP contribution in [0, 0.1) is 0 Å². The summed E-state index contributed by atoms with van der Waals surface area (Å²) in [6.45, 7) is 1.58. The van der Waals surface area contributed by atoms with E-state index in [1.807, 2.05) is 0 Å². The van der Waals surface area contributed by atoms with E-state index < -0.39 is 22.1 Å². The highest BCUT2D eigenvalue weighted by molar-refractivity contribution is 7.91. The lowest BCUT2D eigenvalue weighted by atomic mass is 9.95. The fourth-order valence-electron chi connectivity index (χ4n) is 2.20. The van der Waals surface area contributed by atoms with Crippen LogP contribution in [0.15, 0.2) is 0 Å². The number of hydrogen-bond donors (Lipinski definition) is 1. The van der Waals surface area contributed by atoms with Crippen molar-refractivity contribution >= 4 is 9.84 Å². The van der Waals surface area contributed by atoms with E-state index in [-0.39, 0.29) is 24.0 Å². The molecule has 0 aromatic rings. The van der Waals surface area contributed by atoms with Crippen molar-refractivity contribution in [2.24, 2.45) is 0 Å². The van der Waals surface area contributed by atoms with Crippen molar-refractivity contribution in [2.75, 3.05) is 11.5 Å². The second-order valence-corrected chi connectivity index (χ2v) is 7.24. The molecule has 1 aliphatic rings. The molecule has 0 aliphatic carbocycles. The van der Waals surface area contributed by atoms with Gasteiger partial charge in [-0.25, -0.2) is 8.42 Å². The van der Waals surface area contributed by atoms with Crippen LogP contribution in [-0.4, -0.2) is 38.2 Å². The van der Waals surface area contributed by atoms with Gasteiger partial charge >= 0.3 is 6.18 Å². The van der Waals surface area contributed by atoms with Gasteiger partial charge < -0.3 is 5.32 Å². The van der Waals surface area contributed by atoms with Crippen molar-refractivity contribution < 1.29 is 21.6 Å². The first-order valence-corrected chi connectivity index (χ1v) is 8.10. The lowest BCUT2D eigenvalue weighted by Crippen LogP contribution is -2.50. The van der Waals surface area contributed by atoms with Gasteiger partial charge in [0.1, 0.15) is 15.9 Å². The molecule has 2 unspecified atom stereocenters. The Morgan fingerprint density at radius 1 is 1.28 bits per heavy atom. The number of nitrogens with one attached hydrogen (secondary N) is 1. The molecule has 1 rings (SSSR count). The standard InChI is InChI=1S/C11H20F3NO2S/c1-2-18(16,17)8-4-6-9-5-3-7-10(15-9)11(12,13)14/h9-10,15H,2-8H2,1H3. The minimum atomic E-state index is -4.20. The van der Waals surface area contributed by atoms with Crippen LogP contribution in [0.2, 0.25) is 0 Å². The SMILES string of the molecule is CCS(=O)(=O)CCCC1CCCC(C(F)(F)F)N1. The third-order valence-electron chi connectivity index (χ3n) is 3.33. The van der Waals surface area contributed by atoms with Crippen LogP contribution < -0.4 is 5.32 Å². The van der Waals surface area contributed by atoms with Gasteiger partial charge in [0.05, 0.1) is 5.75 Å². The third-order valence-corrected chi connectivity index (χ3v) is 5.12. The predicted molar refractivity (Wildman–Crippen MR) is 64.2 cm³/mol. The molecule has 1 heterocycles. The molecular weight excluding hydrogens is 267 g/mol. The summed E-state index contributed by atoms with van der Waals surface area (Å²) >= 11 is 0. The molecule has 18 heavy (non-hydrogen) atoms. The largest absolute Gasteiger partial charge is 0.403 e. The van der Waals surface area contributed by atoms with Crippen LogP contribution in [0.4, 0.5) is 13.2 Å². The van der Waals surface area contributed by atoms with Crippen LogP contribution >= 0.6 is 0 Å². The zero-order chi connectivity index (χ0) is 13.8. The van der Waals surface area contributed by atoms with E-state index >= 15 is 0 Å². The first-order valence-electron chi connectivity index (χ1n) is 6.28. The molecular formula is C11H20F3NO2S. The monoisotopic (exact) mass is 287 g/mol. The Labute approximate surface area is 106 Å². The molecule has 1 saturated heterocycles. The number of rotatable bonds is 5. The number of sulfone groups is 1. The third kappa shape index (κ3) is 5.14. The van der Waals surface area contributed by atoms with Gasteiger partial charge in [0.15, 0.2) is 0 Å². The normalized spacial score (nSPS) is 26.2. The van der Waals surface area contributed by atoms with Crippen LogP contribution in [0.1, 0.15) is 39.0 Å². The van der Waals surface area contributed by atoms with Crippen LogP contribution in [0.25, 0.3) is 0 Å². The van der Waals surface area contributed by atoms with Crippen molar-refractivity contribution in [1.29, 1.82) is 0 Å². The number of piperidine rings is 1. The lowest BCUT2D eigenvalue weighted by Gasteiger charge is -2.32. The van der Waals surface area contributed by atoms with Gasteiger partial charge in [-0.3, -0.25) is 0 Å². The Bertz CT molecular complexity index is 354. The Morgan fingerprint density at radius 2 is 1.94 bits per heavy atom. The summed E-state index contributed by atoms with van der Waals surface area (Å²) in [6.07, 6.45) is -1.92. The van der Waals surface area contributed by atoms with E-state index in [4.69, 9.17) is 0 Å². The zero-order valence-corrected chi connectivity index (χ0v) is 11.3. The molecule has 1 fully saturated rings. The van der Waals surface area contributed by atoms with Crippen molar-refractivity contribution in [3.8, 4) is 0 Å². The molecule has 1 aliphatic heterocycles. The number of hydrogen-bond acceptors (Lipinski definition) is 3. The van der Waals surface area contributed by atoms with Gasteiger partial charge in [0.2, 0.25) is 0 Å². The van der Waals surface area contributed by atoms with Gasteiger partial charge in [0, 0.05) is 11.8 Å². The first kappa shape index (κ1) is 15.8. The van der Waals surface area contributed by atoms with Gasteiger partial charge in [-0.1, -0.05) is 13.3 Å². The van der Waals surface area contributed by atoms with Crippen molar-refractivity contribution in [1.82, 2.24) is 5.32 Å². The van der Waals surface area contributed by atoms with E-state index in [9.17, 15) is 21.6 Å². The van der Waals surface area contributed by atoms with E-state index in [1.165, 1.54) is 0 Å². The summed E-state index contributed by atoms with van der Waals surface area (Å²) in [7, 11) is -3.01. The first-order chi connectivity index (χ1) is 8.24. The average molecular weight is 287 g/mol. The zero-order valence-electron chi connectivity index (χ0n) is 10.5. The molecule has 2 atom stereocenters. The summed E-state index contributed by atoms with van der Waals surface area (Å²) in [6, 6.07) is -1.64. The number of alkyl halides is 3. The topological polar surface area (TPSA) is 46.2 Å². The highest BCUT2D eigenvalue weighted by atomic mass is 32.2. The minimum absolute atomic E-state index is 0.0678. The Balaban J connectivity index is 2.35. The van der Waals surface area contributed by atoms with E-state index in [0.29, 0.717) is 25.7 Å². The second kappa shape index (κ2) is 6.23. The maximum atomic E-state index is 12.5. The van der Waals surface area contributed by atoms with Gasteiger partial charge in [-0.05, 0) is 25.7 Å². The smallest absolute Gasteiger partial charge is 0.303 e. The molecule has 0 aromatic carbocycles. The van der Waals surface area contributed by atoms with Gasteiger partial charge in [-0.15, -0.1) is 0 Å². The van der Waals surface area contributed by atoms with E-state index in [1.54, 1.807) is 6.92 Å². The molecule has 1 N–H and O–H groups in total. The second-order valence-electron chi connectivity index (χ2n) is 4.77. The Hall–Kier alpha value is -0.300. The maximum absolute atomic E-state index is 12.5. The van der Waals surface area contributed by atoms with Crippen molar-refractivity contribution in [3.63, 3.8) is 0 Å². The van der Waals surface area contributed by atoms with Crippen LogP contribution in [-0.2, 0) is 9.84 Å². The Morgan fingerprint density at radius 3 is 2.50 bits per heavy atom. The van der Waals surface area contributed by atoms with E-state index in [2.05, 4.69) is 5.32 Å². The van der Waals surface area contributed by atoms with E-state index in [0.717, 1.165) is 0 Å². The highest BCUT2D eigenvalue weighted by Gasteiger charge is 2.41. The number of halogens is 3. The minimum Gasteiger partial charge on any atom is -0.303 e. The van der Waals surface area contributed by atoms with Crippen LogP contribution in [0.5, 0.6) is 0 Å². The molecule has 0 bridgehead atoms. The summed E-state index contributed by atoms with van der Waals surface area (Å²) in [5, 5.41) is 2.58. The summed E-state index contributed by atoms with van der Waals surface area (Å²) < 4.78 is 60.1. The molecule has 108 valence electrons. The average Bonchev–Trinajstić information content (AvgIpc) is 2.28. The van der Waals surface area contributed by atoms with Gasteiger partial charge in [0.25, 0.3) is 0 Å². The molecule has 0 spiro atoms. The van der Waals surface area contributed by atoms with Crippen molar-refractivity contribution in [3.05, 3.63) is 0 Å². The molecule has 0 saturated carbocycles. The fraction of sp³-hybridized carbons (Fsp3) is 1.00. The summed E-state index contributed by atoms with van der Waals surface area (Å²) in [5.41, 5.74) is 0. The maximum Gasteiger partial charge on any atom is 0.403 e. The fourth-order valence-corrected chi connectivity index (χ4v) is 3.09. The molecule has 0 radical (unpaired) electrons. The lowest BCUT2D eigenvalue weighted by molar-refractivity contribution is -0.163. The molecule has 0 amide bonds. The van der Waals surface area contributed by atoms with Gasteiger partial charge in [-0.2, -0.15) is 13.2 Å². The Kier molecular flexibility index (Phi) is 5.46. The highest BCUT2D eigenvalue weighted by Crippen LogP contribution is 2.28. The quantitative estimate of drug-likeness (QED) is 0.844. The molecule has 3 nitrogen and oxygen atoms in total. The van der Waals surface area contributed by atoms with Crippen molar-refractivity contribution in [2.45, 2.75) is 57.3 Å². The van der Waals surface area contributed by atoms with Crippen LogP contribution in [0.3, 0.4) is 0 Å². The summed E-state index contributed by atoms with van der Waals surface area (Å²) in [4.78, 5) is 0. The summed E-state index contributed by atoms with van der Waals surface area (Å²) in [5.74, 6) is 0.161. The predicted octanol–water partition coefficient (Wildman–Crippen LogP) is 2.27. The molecule has 7 heteroatoms. The molecule has 0 aromatic heterocycles.